The molecule has 0 bridgehead atoms. The van der Waals surface area contributed by atoms with Crippen molar-refractivity contribution < 1.29 is 4.79 Å². The molecule has 0 spiro atoms. The SMILES string of the molecule is Cc1nc(NCC2CCC(=O)N2)ccc1N. The molecule has 5 nitrogen and oxygen atoms in total. The third-order valence-corrected chi connectivity index (χ3v) is 2.74. The number of nitrogens with one attached hydrogen (secondary N) is 2. The fourth-order valence-corrected chi connectivity index (χ4v) is 1.73. The van der Waals surface area contributed by atoms with Crippen LogP contribution in [0.25, 0.3) is 0 Å². The first kappa shape index (κ1) is 10.7. The minimum Gasteiger partial charge on any atom is -0.397 e. The number of rotatable bonds is 3. The van der Waals surface area contributed by atoms with Gasteiger partial charge in [-0.15, -0.1) is 0 Å². The summed E-state index contributed by atoms with van der Waals surface area (Å²) in [6, 6.07) is 3.89. The number of hydrogen-bond donors (Lipinski definition) is 3. The lowest BCUT2D eigenvalue weighted by atomic mass is 10.2. The van der Waals surface area contributed by atoms with Gasteiger partial charge in [-0.25, -0.2) is 4.98 Å². The Morgan fingerprint density at radius 2 is 2.44 bits per heavy atom. The molecule has 4 N–H and O–H groups in total. The molecule has 1 aromatic rings. The van der Waals surface area contributed by atoms with Gasteiger partial charge in [-0.1, -0.05) is 0 Å². The van der Waals surface area contributed by atoms with Crippen LogP contribution in [0, 0.1) is 6.92 Å². The van der Waals surface area contributed by atoms with Crippen molar-refractivity contribution in [2.24, 2.45) is 0 Å². The molecule has 1 saturated heterocycles. The van der Waals surface area contributed by atoms with Gasteiger partial charge in [0.2, 0.25) is 5.91 Å². The van der Waals surface area contributed by atoms with Crippen molar-refractivity contribution in [3.8, 4) is 0 Å². The van der Waals surface area contributed by atoms with Crippen LogP contribution in [0.4, 0.5) is 11.5 Å². The van der Waals surface area contributed by atoms with Gasteiger partial charge < -0.3 is 16.4 Å². The number of nitrogens with zero attached hydrogens (tertiary/aromatic N) is 1. The normalized spacial score (nSPS) is 19.6. The molecular formula is C11H16N4O. The maximum atomic E-state index is 11.0. The molecule has 1 aliphatic rings. The Morgan fingerprint density at radius 3 is 3.06 bits per heavy atom. The molecular weight excluding hydrogens is 204 g/mol. The Labute approximate surface area is 94.4 Å². The highest BCUT2D eigenvalue weighted by molar-refractivity contribution is 5.78. The van der Waals surface area contributed by atoms with Gasteiger partial charge in [-0.2, -0.15) is 0 Å². The van der Waals surface area contributed by atoms with Crippen molar-refractivity contribution in [1.29, 1.82) is 0 Å². The molecule has 16 heavy (non-hydrogen) atoms. The quantitative estimate of drug-likeness (QED) is 0.699. The maximum Gasteiger partial charge on any atom is 0.220 e. The fraction of sp³-hybridized carbons (Fsp3) is 0.455. The summed E-state index contributed by atoms with van der Waals surface area (Å²) < 4.78 is 0. The Morgan fingerprint density at radius 1 is 1.62 bits per heavy atom. The second kappa shape index (κ2) is 4.38. The number of pyridine rings is 1. The largest absolute Gasteiger partial charge is 0.397 e. The van der Waals surface area contributed by atoms with E-state index in [2.05, 4.69) is 15.6 Å². The van der Waals surface area contributed by atoms with Crippen molar-refractivity contribution in [2.45, 2.75) is 25.8 Å². The van der Waals surface area contributed by atoms with E-state index in [1.165, 1.54) is 0 Å². The zero-order chi connectivity index (χ0) is 11.5. The zero-order valence-electron chi connectivity index (χ0n) is 9.29. The topological polar surface area (TPSA) is 80.0 Å². The lowest BCUT2D eigenvalue weighted by Gasteiger charge is -2.12. The summed E-state index contributed by atoms with van der Waals surface area (Å²) in [5.74, 6) is 0.932. The average Bonchev–Trinajstić information content (AvgIpc) is 2.66. The molecule has 0 aliphatic carbocycles. The van der Waals surface area contributed by atoms with Gasteiger partial charge in [0, 0.05) is 19.0 Å². The molecule has 1 aromatic heterocycles. The number of hydrogen-bond acceptors (Lipinski definition) is 4. The van der Waals surface area contributed by atoms with Gasteiger partial charge in [0.25, 0.3) is 0 Å². The highest BCUT2D eigenvalue weighted by Gasteiger charge is 2.20. The highest BCUT2D eigenvalue weighted by atomic mass is 16.1. The van der Waals surface area contributed by atoms with Crippen LogP contribution >= 0.6 is 0 Å². The van der Waals surface area contributed by atoms with Gasteiger partial charge in [0.1, 0.15) is 5.82 Å². The molecule has 86 valence electrons. The van der Waals surface area contributed by atoms with E-state index in [4.69, 9.17) is 5.73 Å². The van der Waals surface area contributed by atoms with Crippen molar-refractivity contribution >= 4 is 17.4 Å². The van der Waals surface area contributed by atoms with Crippen LogP contribution in [0.2, 0.25) is 0 Å². The van der Waals surface area contributed by atoms with E-state index >= 15 is 0 Å². The summed E-state index contributed by atoms with van der Waals surface area (Å²) >= 11 is 0. The lowest BCUT2D eigenvalue weighted by Crippen LogP contribution is -2.32. The minimum absolute atomic E-state index is 0.133. The third-order valence-electron chi connectivity index (χ3n) is 2.74. The standard InChI is InChI=1S/C11H16N4O/c1-7-9(12)3-4-10(14-7)13-6-8-2-5-11(16)15-8/h3-4,8H,2,5-6,12H2,1H3,(H,13,14)(H,15,16). The molecule has 2 rings (SSSR count). The van der Waals surface area contributed by atoms with E-state index in [-0.39, 0.29) is 11.9 Å². The van der Waals surface area contributed by atoms with E-state index in [0.29, 0.717) is 18.7 Å². The lowest BCUT2D eigenvalue weighted by molar-refractivity contribution is -0.119. The van der Waals surface area contributed by atoms with E-state index in [0.717, 1.165) is 17.9 Å². The molecule has 0 radical (unpaired) electrons. The Bertz CT molecular complexity index is 405. The molecule has 1 unspecified atom stereocenters. The predicted octanol–water partition coefficient (Wildman–Crippen LogP) is 0.663. The Hall–Kier alpha value is -1.78. The number of amides is 1. The molecule has 1 atom stereocenters. The third kappa shape index (κ3) is 2.42. The summed E-state index contributed by atoms with van der Waals surface area (Å²) in [5.41, 5.74) is 7.19. The van der Waals surface area contributed by atoms with Gasteiger partial charge in [0.05, 0.1) is 11.4 Å². The minimum atomic E-state index is 0.133. The smallest absolute Gasteiger partial charge is 0.220 e. The summed E-state index contributed by atoms with van der Waals surface area (Å²) in [6.45, 7) is 2.58. The Balaban J connectivity index is 1.89. The van der Waals surface area contributed by atoms with Crippen LogP contribution in [0.15, 0.2) is 12.1 Å². The van der Waals surface area contributed by atoms with Crippen molar-refractivity contribution in [3.63, 3.8) is 0 Å². The number of nitrogens with two attached hydrogens (primary N) is 1. The van der Waals surface area contributed by atoms with Gasteiger partial charge >= 0.3 is 0 Å². The summed E-state index contributed by atoms with van der Waals surface area (Å²) in [7, 11) is 0. The van der Waals surface area contributed by atoms with Gasteiger partial charge in [-0.05, 0) is 25.5 Å². The molecule has 0 aromatic carbocycles. The first-order chi connectivity index (χ1) is 7.65. The van der Waals surface area contributed by atoms with Crippen LogP contribution < -0.4 is 16.4 Å². The average molecular weight is 220 g/mol. The summed E-state index contributed by atoms with van der Waals surface area (Å²) in [4.78, 5) is 15.3. The summed E-state index contributed by atoms with van der Waals surface area (Å²) in [5, 5.41) is 6.09. The first-order valence-electron chi connectivity index (χ1n) is 5.41. The molecule has 1 fully saturated rings. The molecule has 0 saturated carbocycles. The molecule has 5 heteroatoms. The molecule has 2 heterocycles. The van der Waals surface area contributed by atoms with E-state index < -0.39 is 0 Å². The second-order valence-electron chi connectivity index (χ2n) is 4.06. The van der Waals surface area contributed by atoms with E-state index in [9.17, 15) is 4.79 Å². The zero-order valence-corrected chi connectivity index (χ0v) is 9.29. The van der Waals surface area contributed by atoms with Crippen LogP contribution in [0.3, 0.4) is 0 Å². The fourth-order valence-electron chi connectivity index (χ4n) is 1.73. The number of carbonyl (C=O) groups excluding carboxylic acids is 1. The number of carbonyl (C=O) groups is 1. The Kier molecular flexibility index (Phi) is 2.94. The van der Waals surface area contributed by atoms with Gasteiger partial charge in [-0.3, -0.25) is 4.79 Å². The second-order valence-corrected chi connectivity index (χ2v) is 4.06. The number of anilines is 2. The monoisotopic (exact) mass is 220 g/mol. The van der Waals surface area contributed by atoms with Crippen LogP contribution in [-0.4, -0.2) is 23.5 Å². The van der Waals surface area contributed by atoms with E-state index in [1.807, 2.05) is 19.1 Å². The van der Waals surface area contributed by atoms with Crippen LogP contribution in [0.5, 0.6) is 0 Å². The number of aromatic nitrogens is 1. The van der Waals surface area contributed by atoms with Crippen LogP contribution in [0.1, 0.15) is 18.5 Å². The van der Waals surface area contributed by atoms with Gasteiger partial charge in [0.15, 0.2) is 0 Å². The molecule has 1 amide bonds. The van der Waals surface area contributed by atoms with Crippen molar-refractivity contribution in [1.82, 2.24) is 10.3 Å². The maximum absolute atomic E-state index is 11.0. The number of nitrogen functional groups attached to an aromatic ring is 1. The highest BCUT2D eigenvalue weighted by Crippen LogP contribution is 2.13. The first-order valence-corrected chi connectivity index (χ1v) is 5.41. The molecule has 1 aliphatic heterocycles. The number of aryl methyl sites for hydroxylation is 1. The van der Waals surface area contributed by atoms with Crippen molar-refractivity contribution in [3.05, 3.63) is 17.8 Å². The summed E-state index contributed by atoms with van der Waals surface area (Å²) in [6.07, 6.45) is 1.51. The van der Waals surface area contributed by atoms with Crippen LogP contribution in [-0.2, 0) is 4.79 Å². The van der Waals surface area contributed by atoms with Crippen molar-refractivity contribution in [2.75, 3.05) is 17.6 Å². The van der Waals surface area contributed by atoms with E-state index in [1.54, 1.807) is 0 Å². The predicted molar refractivity (Wildman–Crippen MR) is 63.0 cm³/mol.